The van der Waals surface area contributed by atoms with Crippen molar-refractivity contribution in [3.05, 3.63) is 47.7 Å². The Bertz CT molecular complexity index is 934. The number of nitrogens with zero attached hydrogens (tertiary/aromatic N) is 2. The maximum atomic E-state index is 12.9. The number of aromatic nitrogens is 1. The van der Waals surface area contributed by atoms with Gasteiger partial charge in [-0.2, -0.15) is 0 Å². The molecule has 1 atom stereocenters. The van der Waals surface area contributed by atoms with Gasteiger partial charge >= 0.3 is 0 Å². The molecule has 2 aromatic rings. The van der Waals surface area contributed by atoms with Gasteiger partial charge in [0.25, 0.3) is 5.91 Å². The Morgan fingerprint density at radius 2 is 2.00 bits per heavy atom. The largest absolute Gasteiger partial charge is 0.497 e. The molecule has 0 aliphatic carbocycles. The van der Waals surface area contributed by atoms with Crippen LogP contribution in [0.25, 0.3) is 0 Å². The first-order valence-electron chi connectivity index (χ1n) is 10.8. The molecule has 0 spiro atoms. The number of piperidine rings is 1. The molecule has 1 unspecified atom stereocenters. The van der Waals surface area contributed by atoms with E-state index in [1.54, 1.807) is 38.6 Å². The SMILES string of the molecule is COc1ccc(CNC(=O)CCC2CCCN(C(=O)c3cccnc3OC)C2)c(OC)c1. The van der Waals surface area contributed by atoms with Crippen molar-refractivity contribution in [3.63, 3.8) is 0 Å². The molecule has 1 aliphatic heterocycles. The molecule has 0 radical (unpaired) electrons. The number of hydrogen-bond acceptors (Lipinski definition) is 6. The normalized spacial score (nSPS) is 15.7. The van der Waals surface area contributed by atoms with E-state index in [0.29, 0.717) is 49.0 Å². The Morgan fingerprint density at radius 1 is 1.16 bits per heavy atom. The molecule has 2 amide bonds. The lowest BCUT2D eigenvalue weighted by atomic mass is 9.93. The average Bonchev–Trinajstić information content (AvgIpc) is 2.85. The lowest BCUT2D eigenvalue weighted by Gasteiger charge is -2.33. The van der Waals surface area contributed by atoms with Gasteiger partial charge in [-0.05, 0) is 49.4 Å². The highest BCUT2D eigenvalue weighted by Gasteiger charge is 2.26. The summed E-state index contributed by atoms with van der Waals surface area (Å²) in [5.41, 5.74) is 1.36. The lowest BCUT2D eigenvalue weighted by Crippen LogP contribution is -2.40. The third-order valence-electron chi connectivity index (χ3n) is 5.75. The topological polar surface area (TPSA) is 90.0 Å². The van der Waals surface area contributed by atoms with Gasteiger partial charge in [-0.3, -0.25) is 9.59 Å². The van der Waals surface area contributed by atoms with E-state index in [9.17, 15) is 9.59 Å². The highest BCUT2D eigenvalue weighted by atomic mass is 16.5. The second kappa shape index (κ2) is 11.4. The molecule has 0 saturated carbocycles. The highest BCUT2D eigenvalue weighted by Crippen LogP contribution is 2.26. The van der Waals surface area contributed by atoms with Crippen LogP contribution in [0.4, 0.5) is 0 Å². The molecular formula is C24H31N3O5. The van der Waals surface area contributed by atoms with E-state index in [4.69, 9.17) is 14.2 Å². The van der Waals surface area contributed by atoms with E-state index in [0.717, 1.165) is 24.8 Å². The number of likely N-dealkylation sites (tertiary alicyclic amines) is 1. The molecule has 1 aromatic heterocycles. The fraction of sp³-hybridized carbons (Fsp3) is 0.458. The molecule has 1 aliphatic rings. The van der Waals surface area contributed by atoms with Crippen LogP contribution in [0.1, 0.15) is 41.6 Å². The van der Waals surface area contributed by atoms with E-state index in [-0.39, 0.29) is 17.7 Å². The number of rotatable bonds is 9. The van der Waals surface area contributed by atoms with Gasteiger partial charge in [-0.1, -0.05) is 0 Å². The molecule has 8 nitrogen and oxygen atoms in total. The predicted molar refractivity (Wildman–Crippen MR) is 120 cm³/mol. The second-order valence-electron chi connectivity index (χ2n) is 7.81. The first-order valence-corrected chi connectivity index (χ1v) is 10.8. The molecule has 1 N–H and O–H groups in total. The number of carbonyl (C=O) groups excluding carboxylic acids is 2. The van der Waals surface area contributed by atoms with Crippen LogP contribution < -0.4 is 19.5 Å². The van der Waals surface area contributed by atoms with Gasteiger partial charge in [-0.15, -0.1) is 0 Å². The summed E-state index contributed by atoms with van der Waals surface area (Å²) in [5, 5.41) is 2.96. The van der Waals surface area contributed by atoms with Crippen LogP contribution in [0.2, 0.25) is 0 Å². The molecular weight excluding hydrogens is 410 g/mol. The van der Waals surface area contributed by atoms with Gasteiger partial charge in [0.05, 0.1) is 21.3 Å². The van der Waals surface area contributed by atoms with E-state index in [1.165, 1.54) is 7.11 Å². The van der Waals surface area contributed by atoms with Crippen molar-refractivity contribution < 1.29 is 23.8 Å². The fourth-order valence-corrected chi connectivity index (χ4v) is 3.99. The summed E-state index contributed by atoms with van der Waals surface area (Å²) in [6.45, 7) is 1.73. The molecule has 3 rings (SSSR count). The molecule has 1 aromatic carbocycles. The minimum Gasteiger partial charge on any atom is -0.497 e. The zero-order valence-corrected chi connectivity index (χ0v) is 18.9. The van der Waals surface area contributed by atoms with Gasteiger partial charge in [0.2, 0.25) is 11.8 Å². The van der Waals surface area contributed by atoms with E-state index in [2.05, 4.69) is 10.3 Å². The van der Waals surface area contributed by atoms with Crippen molar-refractivity contribution in [2.24, 2.45) is 5.92 Å². The van der Waals surface area contributed by atoms with Crippen LogP contribution in [0.3, 0.4) is 0 Å². The molecule has 0 bridgehead atoms. The number of amides is 2. The van der Waals surface area contributed by atoms with Gasteiger partial charge in [0.1, 0.15) is 17.1 Å². The van der Waals surface area contributed by atoms with Crippen LogP contribution in [0.15, 0.2) is 36.5 Å². The summed E-state index contributed by atoms with van der Waals surface area (Å²) in [5.74, 6) is 1.93. The summed E-state index contributed by atoms with van der Waals surface area (Å²) < 4.78 is 15.8. The van der Waals surface area contributed by atoms with Crippen molar-refractivity contribution in [2.45, 2.75) is 32.2 Å². The number of methoxy groups -OCH3 is 3. The fourth-order valence-electron chi connectivity index (χ4n) is 3.99. The van der Waals surface area contributed by atoms with E-state index >= 15 is 0 Å². The van der Waals surface area contributed by atoms with Crippen LogP contribution in [-0.2, 0) is 11.3 Å². The molecule has 1 fully saturated rings. The number of carbonyl (C=O) groups is 2. The molecule has 2 heterocycles. The van der Waals surface area contributed by atoms with Crippen LogP contribution in [0, 0.1) is 5.92 Å². The smallest absolute Gasteiger partial charge is 0.259 e. The third-order valence-corrected chi connectivity index (χ3v) is 5.75. The van der Waals surface area contributed by atoms with Gasteiger partial charge in [0, 0.05) is 43.9 Å². The minimum absolute atomic E-state index is 0.0137. The van der Waals surface area contributed by atoms with Crippen molar-refractivity contribution in [2.75, 3.05) is 34.4 Å². The van der Waals surface area contributed by atoms with Gasteiger partial charge < -0.3 is 24.4 Å². The van der Waals surface area contributed by atoms with Crippen molar-refractivity contribution in [1.29, 1.82) is 0 Å². The Hall–Kier alpha value is -3.29. The first-order chi connectivity index (χ1) is 15.5. The van der Waals surface area contributed by atoms with Crippen molar-refractivity contribution in [1.82, 2.24) is 15.2 Å². The summed E-state index contributed by atoms with van der Waals surface area (Å²) in [6, 6.07) is 8.99. The van der Waals surface area contributed by atoms with Crippen molar-refractivity contribution >= 4 is 11.8 Å². The third kappa shape index (κ3) is 5.90. The average molecular weight is 442 g/mol. The Kier molecular flexibility index (Phi) is 8.30. The van der Waals surface area contributed by atoms with E-state index in [1.807, 2.05) is 17.0 Å². The number of ether oxygens (including phenoxy) is 3. The summed E-state index contributed by atoms with van der Waals surface area (Å²) >= 11 is 0. The van der Waals surface area contributed by atoms with Gasteiger partial charge in [0.15, 0.2) is 0 Å². The Morgan fingerprint density at radius 3 is 2.75 bits per heavy atom. The minimum atomic E-state index is -0.0734. The van der Waals surface area contributed by atoms with E-state index < -0.39 is 0 Å². The maximum absolute atomic E-state index is 12.9. The molecule has 172 valence electrons. The monoisotopic (exact) mass is 441 g/mol. The van der Waals surface area contributed by atoms with Crippen LogP contribution >= 0.6 is 0 Å². The van der Waals surface area contributed by atoms with Crippen LogP contribution in [-0.4, -0.2) is 56.1 Å². The lowest BCUT2D eigenvalue weighted by molar-refractivity contribution is -0.121. The molecule has 32 heavy (non-hydrogen) atoms. The molecule has 1 saturated heterocycles. The summed E-state index contributed by atoms with van der Waals surface area (Å²) in [7, 11) is 4.71. The number of nitrogens with one attached hydrogen (secondary N) is 1. The maximum Gasteiger partial charge on any atom is 0.259 e. The highest BCUT2D eigenvalue weighted by molar-refractivity contribution is 5.96. The number of hydrogen-bond donors (Lipinski definition) is 1. The predicted octanol–water partition coefficient (Wildman–Crippen LogP) is 3.06. The number of benzene rings is 1. The zero-order chi connectivity index (χ0) is 22.9. The quantitative estimate of drug-likeness (QED) is 0.643. The standard InChI is InChI=1S/C24H31N3O5/c1-30-19-10-9-18(21(14-19)31-2)15-26-22(28)11-8-17-6-5-13-27(16-17)24(29)20-7-4-12-25-23(20)32-3/h4,7,9-10,12,14,17H,5-6,8,11,13,15-16H2,1-3H3,(H,26,28). The number of pyridine rings is 1. The summed E-state index contributed by atoms with van der Waals surface area (Å²) in [6.07, 6.45) is 4.69. The Balaban J connectivity index is 1.49. The second-order valence-corrected chi connectivity index (χ2v) is 7.81. The van der Waals surface area contributed by atoms with Gasteiger partial charge in [-0.25, -0.2) is 4.98 Å². The Labute approximate surface area is 188 Å². The zero-order valence-electron chi connectivity index (χ0n) is 18.9. The summed E-state index contributed by atoms with van der Waals surface area (Å²) in [4.78, 5) is 31.3. The van der Waals surface area contributed by atoms with Crippen LogP contribution in [0.5, 0.6) is 17.4 Å². The molecule has 8 heteroatoms. The van der Waals surface area contributed by atoms with Crippen molar-refractivity contribution in [3.8, 4) is 17.4 Å². The first kappa shape index (κ1) is 23.4.